The molecular formula is C5H7N2OSW-. The van der Waals surface area contributed by atoms with Gasteiger partial charge in [0.25, 0.3) is 0 Å². The molecule has 0 spiro atoms. The Morgan fingerprint density at radius 1 is 1.50 bits per heavy atom. The van der Waals surface area contributed by atoms with Gasteiger partial charge in [0, 0.05) is 21.1 Å². The minimum absolute atomic E-state index is 0. The van der Waals surface area contributed by atoms with Gasteiger partial charge in [-0.05, 0) is 13.8 Å². The second kappa shape index (κ2) is 4.16. The molecule has 10 heavy (non-hydrogen) atoms. The van der Waals surface area contributed by atoms with Gasteiger partial charge in [0.05, 0.1) is 10.6 Å². The number of rotatable bonds is 1. The molecule has 0 radical (unpaired) electrons. The molecule has 0 bridgehead atoms. The van der Waals surface area contributed by atoms with Gasteiger partial charge >= 0.3 is 0 Å². The van der Waals surface area contributed by atoms with Crippen molar-refractivity contribution in [2.45, 2.75) is 18.7 Å². The van der Waals surface area contributed by atoms with Crippen LogP contribution >= 0.6 is 11.9 Å². The Labute approximate surface area is 78.1 Å². The summed E-state index contributed by atoms with van der Waals surface area (Å²) in [7, 11) is 0. The van der Waals surface area contributed by atoms with E-state index in [1.165, 1.54) is 0 Å². The van der Waals surface area contributed by atoms with Crippen molar-refractivity contribution in [3.8, 4) is 0 Å². The molecule has 0 aliphatic carbocycles. The van der Waals surface area contributed by atoms with E-state index in [1.807, 2.05) is 6.92 Å². The summed E-state index contributed by atoms with van der Waals surface area (Å²) in [4.78, 5) is 0.829. The molecule has 56 valence electrons. The molecule has 0 amide bonds. The van der Waals surface area contributed by atoms with E-state index in [1.54, 1.807) is 6.92 Å². The normalized spacial score (nSPS) is 9.10. The van der Waals surface area contributed by atoms with E-state index in [4.69, 9.17) is 9.66 Å². The molecule has 0 aromatic carbocycles. The summed E-state index contributed by atoms with van der Waals surface area (Å²) in [6.07, 6.45) is 0. The predicted octanol–water partition coefficient (Wildman–Crippen LogP) is 2.35. The van der Waals surface area contributed by atoms with Crippen LogP contribution in [0.3, 0.4) is 0 Å². The summed E-state index contributed by atoms with van der Waals surface area (Å²) in [5, 5.41) is 10.6. The van der Waals surface area contributed by atoms with Gasteiger partial charge in [0.15, 0.2) is 0 Å². The summed E-state index contributed by atoms with van der Waals surface area (Å²) < 4.78 is 4.80. The van der Waals surface area contributed by atoms with Crippen molar-refractivity contribution in [3.05, 3.63) is 16.6 Å². The molecule has 1 aromatic rings. The first-order chi connectivity index (χ1) is 4.25. The summed E-state index contributed by atoms with van der Waals surface area (Å²) in [5.74, 6) is 0.729. The molecule has 0 aliphatic heterocycles. The molecule has 0 unspecified atom stereocenters. The predicted molar refractivity (Wildman–Crippen MR) is 36.2 cm³/mol. The first-order valence-electron chi connectivity index (χ1n) is 2.52. The van der Waals surface area contributed by atoms with E-state index >= 15 is 0 Å². The molecule has 0 atom stereocenters. The monoisotopic (exact) mass is 327 g/mol. The van der Waals surface area contributed by atoms with Crippen molar-refractivity contribution in [2.24, 2.45) is 0 Å². The second-order valence-corrected chi connectivity index (χ2v) is 2.37. The van der Waals surface area contributed by atoms with Gasteiger partial charge in [-0.3, -0.25) is 11.9 Å². The number of aromatic nitrogens is 1. The van der Waals surface area contributed by atoms with Crippen molar-refractivity contribution in [3.63, 3.8) is 0 Å². The fourth-order valence-electron chi connectivity index (χ4n) is 0.620. The van der Waals surface area contributed by atoms with Crippen LogP contribution < -0.4 is 0 Å². The Balaban J connectivity index is 0.000000810. The number of nitrogens with one attached hydrogen (secondary N) is 1. The van der Waals surface area contributed by atoms with Crippen molar-refractivity contribution in [1.82, 2.24) is 5.16 Å². The van der Waals surface area contributed by atoms with Crippen LogP contribution in [0.25, 0.3) is 5.14 Å². The zero-order valence-electron chi connectivity index (χ0n) is 5.67. The average molecular weight is 327 g/mol. The summed E-state index contributed by atoms with van der Waals surface area (Å²) in [6, 6.07) is 0. The Morgan fingerprint density at radius 2 is 2.10 bits per heavy atom. The zero-order chi connectivity index (χ0) is 6.85. The third-order valence-electron chi connectivity index (χ3n) is 1.07. The second-order valence-electron chi connectivity index (χ2n) is 1.76. The molecule has 0 aliphatic rings. The first kappa shape index (κ1) is 10.2. The van der Waals surface area contributed by atoms with Crippen LogP contribution in [-0.2, 0) is 21.1 Å². The Kier molecular flexibility index (Phi) is 4.25. The first-order valence-corrected chi connectivity index (χ1v) is 3.34. The maximum atomic E-state index is 6.96. The molecular weight excluding hydrogens is 320 g/mol. The molecule has 0 saturated carbocycles. The van der Waals surface area contributed by atoms with E-state index in [0.717, 1.165) is 28.3 Å². The van der Waals surface area contributed by atoms with Crippen molar-refractivity contribution in [1.29, 1.82) is 0 Å². The van der Waals surface area contributed by atoms with Crippen LogP contribution in [0.1, 0.15) is 11.5 Å². The van der Waals surface area contributed by atoms with E-state index in [0.29, 0.717) is 0 Å². The van der Waals surface area contributed by atoms with E-state index < -0.39 is 0 Å². The van der Waals surface area contributed by atoms with Gasteiger partial charge in [-0.2, -0.15) is 0 Å². The number of hydrogen-bond acceptors (Lipinski definition) is 3. The molecule has 3 nitrogen and oxygen atoms in total. The quantitative estimate of drug-likeness (QED) is 0.744. The van der Waals surface area contributed by atoms with Crippen molar-refractivity contribution < 1.29 is 25.6 Å². The van der Waals surface area contributed by atoms with Crippen LogP contribution in [0.15, 0.2) is 9.42 Å². The molecule has 0 saturated heterocycles. The summed E-state index contributed by atoms with van der Waals surface area (Å²) >= 11 is 0.922. The van der Waals surface area contributed by atoms with Gasteiger partial charge in [-0.25, -0.2) is 0 Å². The maximum absolute atomic E-state index is 6.96. The Morgan fingerprint density at radius 3 is 2.30 bits per heavy atom. The number of nitrogens with zero attached hydrogens (tertiary/aromatic N) is 1. The summed E-state index contributed by atoms with van der Waals surface area (Å²) in [6.45, 7) is 3.63. The Hall–Kier alpha value is 0.208. The fourth-order valence-corrected chi connectivity index (χ4v) is 0.986. The molecule has 1 N–H and O–H groups in total. The van der Waals surface area contributed by atoms with Crippen molar-refractivity contribution >= 4 is 11.9 Å². The van der Waals surface area contributed by atoms with Crippen LogP contribution in [0.5, 0.6) is 0 Å². The van der Waals surface area contributed by atoms with E-state index in [9.17, 15) is 0 Å². The van der Waals surface area contributed by atoms with Gasteiger partial charge < -0.3 is 9.66 Å². The molecule has 1 heterocycles. The molecule has 0 fully saturated rings. The van der Waals surface area contributed by atoms with E-state index in [2.05, 4.69) is 5.16 Å². The van der Waals surface area contributed by atoms with Gasteiger partial charge in [0.1, 0.15) is 5.76 Å². The van der Waals surface area contributed by atoms with Crippen LogP contribution in [0.4, 0.5) is 0 Å². The minimum atomic E-state index is 0. The third-order valence-corrected chi connectivity index (χ3v) is 1.86. The van der Waals surface area contributed by atoms with Gasteiger partial charge in [0.2, 0.25) is 0 Å². The standard InChI is InChI=1S/C5H7N2OS.W/c1-3-5(9-6)4(2)8-7-3;/h6H,1-2H3;/q-1;. The largest absolute Gasteiger partial charge is 0.617 e. The number of aryl methyl sites for hydroxylation is 2. The van der Waals surface area contributed by atoms with Crippen molar-refractivity contribution in [2.75, 3.05) is 0 Å². The smallest absolute Gasteiger partial charge is 0.145 e. The topological polar surface area (TPSA) is 49.8 Å². The molecule has 1 rings (SSSR count). The van der Waals surface area contributed by atoms with Gasteiger partial charge in [-0.1, -0.05) is 5.16 Å². The zero-order valence-corrected chi connectivity index (χ0v) is 9.42. The summed E-state index contributed by atoms with van der Waals surface area (Å²) in [5.41, 5.74) is 0.799. The maximum Gasteiger partial charge on any atom is 0.145 e. The van der Waals surface area contributed by atoms with E-state index in [-0.39, 0.29) is 21.1 Å². The molecule has 5 heteroatoms. The van der Waals surface area contributed by atoms with Crippen LogP contribution in [0.2, 0.25) is 0 Å². The van der Waals surface area contributed by atoms with Gasteiger partial charge in [-0.15, -0.1) is 0 Å². The Bertz CT molecular complexity index is 194. The SMILES string of the molecule is Cc1noc(C)c1S[NH-].[W]. The number of hydrogen-bond donors (Lipinski definition) is 0. The average Bonchev–Trinajstić information content (AvgIpc) is 2.12. The molecule has 1 aromatic heterocycles. The van der Waals surface area contributed by atoms with Crippen LogP contribution in [0, 0.1) is 13.8 Å². The third kappa shape index (κ3) is 1.84. The fraction of sp³-hybridized carbons (Fsp3) is 0.400. The van der Waals surface area contributed by atoms with Crippen LogP contribution in [-0.4, -0.2) is 5.16 Å². The minimum Gasteiger partial charge on any atom is -0.617 e.